The molecule has 0 fully saturated rings. The van der Waals surface area contributed by atoms with Crippen molar-refractivity contribution >= 4 is 48.4 Å². The van der Waals surface area contributed by atoms with E-state index in [9.17, 15) is 0 Å². The van der Waals surface area contributed by atoms with Gasteiger partial charge in [-0.3, -0.25) is 0 Å². The Morgan fingerprint density at radius 1 is 0.259 bits per heavy atom. The number of hydrogen-bond acceptors (Lipinski definition) is 0. The van der Waals surface area contributed by atoms with Crippen LogP contribution in [0, 0.1) is 9.58 Å². The summed E-state index contributed by atoms with van der Waals surface area (Å²) in [4.78, 5) is 4.12. The maximum absolute atomic E-state index is 2.53. The summed E-state index contributed by atoms with van der Waals surface area (Å²) in [5, 5.41) is 0. The van der Waals surface area contributed by atoms with Crippen molar-refractivity contribution in [3.05, 3.63) is 9.58 Å². The van der Waals surface area contributed by atoms with Gasteiger partial charge in [0.05, 0.1) is 0 Å². The van der Waals surface area contributed by atoms with Crippen molar-refractivity contribution in [1.29, 1.82) is 0 Å². The average molecular weight is 518 g/mol. The Labute approximate surface area is 192 Å². The zero-order valence-electron chi connectivity index (χ0n) is 22.4. The molecule has 0 heterocycles. The average Bonchev–Trinajstić information content (AvgIpc) is 1.97. The molecule has 0 saturated heterocycles. The first-order valence-electron chi connectivity index (χ1n) is 10.5. The second-order valence-corrected chi connectivity index (χ2v) is 47.2. The predicted octanol–water partition coefficient (Wildman–Crippen LogP) is 8.38. The molecule has 0 N–H and O–H groups in total. The molecule has 7 heteroatoms. The van der Waals surface area contributed by atoms with Crippen molar-refractivity contribution in [3.63, 3.8) is 0 Å². The monoisotopic (exact) mass is 517 g/mol. The van der Waals surface area contributed by atoms with Crippen molar-refractivity contribution in [1.82, 2.24) is 0 Å². The van der Waals surface area contributed by atoms with Gasteiger partial charge in [0.15, 0.2) is 0 Å². The molecule has 0 rings (SSSR count). The first-order chi connectivity index (χ1) is 10.7. The minimum absolute atomic E-state index is 0. The van der Waals surface area contributed by atoms with Gasteiger partial charge < -0.3 is 9.58 Å². The first-order valence-corrected chi connectivity index (χ1v) is 31.5. The van der Waals surface area contributed by atoms with Gasteiger partial charge in [-0.15, -0.1) is 48.4 Å². The second-order valence-electron chi connectivity index (χ2n) is 14.2. The Morgan fingerprint density at radius 2 is 0.333 bits per heavy atom. The van der Waals surface area contributed by atoms with E-state index in [1.807, 2.05) is 0 Å². The van der Waals surface area contributed by atoms with Crippen LogP contribution < -0.4 is 0 Å². The van der Waals surface area contributed by atoms with E-state index >= 15 is 0 Å². The fourth-order valence-electron chi connectivity index (χ4n) is 6.75. The van der Waals surface area contributed by atoms with E-state index in [4.69, 9.17) is 0 Å². The molecule has 0 nitrogen and oxygen atoms in total. The van der Waals surface area contributed by atoms with Crippen molar-refractivity contribution in [2.45, 2.75) is 118 Å². The van der Waals surface area contributed by atoms with Crippen LogP contribution in [0.1, 0.15) is 0 Å². The van der Waals surface area contributed by atoms with Gasteiger partial charge >= 0.3 is 17.1 Å². The van der Waals surface area contributed by atoms with Gasteiger partial charge in [0.25, 0.3) is 0 Å². The van der Waals surface area contributed by atoms with Crippen LogP contribution in [-0.4, -0.2) is 48.4 Å². The maximum Gasteiger partial charge on any atom is 2.00 e. The Morgan fingerprint density at radius 3 is 0.333 bits per heavy atom. The van der Waals surface area contributed by atoms with Crippen LogP contribution in [0.15, 0.2) is 0 Å². The fraction of sp³-hybridized carbons (Fsp3) is 0.900. The summed E-state index contributed by atoms with van der Waals surface area (Å²) in [7, 11) is -6.10. The SMILES string of the molecule is C[Si](C)(C)[C-]([Si](C)(C)C)[Si](C)(C)C.C[Si](C)(C)[C-]([Si](C)(C)C)[Si](C)(C)C.[Mn+2]. The van der Waals surface area contributed by atoms with E-state index in [1.54, 1.807) is 0 Å². The van der Waals surface area contributed by atoms with Crippen LogP contribution in [0.25, 0.3) is 0 Å². The number of rotatable bonds is 6. The van der Waals surface area contributed by atoms with Crippen LogP contribution in [-0.2, 0) is 17.1 Å². The smallest absolute Gasteiger partial charge is 0.311 e. The molecule has 165 valence electrons. The Kier molecular flexibility index (Phi) is 12.9. The Hall–Kier alpha value is 1.82. The van der Waals surface area contributed by atoms with Gasteiger partial charge in [-0.05, 0) is 0 Å². The molecule has 0 spiro atoms. The molecule has 0 saturated carbocycles. The van der Waals surface area contributed by atoms with E-state index in [1.165, 1.54) is 0 Å². The van der Waals surface area contributed by atoms with Crippen molar-refractivity contribution in [2.75, 3.05) is 0 Å². The van der Waals surface area contributed by atoms with Crippen LogP contribution in [0.5, 0.6) is 0 Å². The quantitative estimate of drug-likeness (QED) is 0.245. The third-order valence-corrected chi connectivity index (χ3v) is 40.5. The van der Waals surface area contributed by atoms with E-state index < -0.39 is 48.4 Å². The first kappa shape index (κ1) is 33.5. The largest absolute Gasteiger partial charge is 2.00 e. The van der Waals surface area contributed by atoms with Crippen LogP contribution in [0.2, 0.25) is 118 Å². The van der Waals surface area contributed by atoms with Gasteiger partial charge in [-0.1, -0.05) is 118 Å². The summed E-state index contributed by atoms with van der Waals surface area (Å²) in [6.45, 7) is 45.5. The second kappa shape index (κ2) is 10.4. The molecule has 0 aliphatic heterocycles. The Bertz CT molecular complexity index is 314. The number of hydrogen-bond donors (Lipinski definition) is 0. The van der Waals surface area contributed by atoms with E-state index in [-0.39, 0.29) is 17.1 Å². The molecule has 27 heavy (non-hydrogen) atoms. The van der Waals surface area contributed by atoms with E-state index in [2.05, 4.69) is 127 Å². The van der Waals surface area contributed by atoms with Gasteiger partial charge in [-0.25, -0.2) is 0 Å². The molecule has 0 amide bonds. The summed E-state index contributed by atoms with van der Waals surface area (Å²) < 4.78 is 0. The molecule has 0 aliphatic carbocycles. The molecule has 0 atom stereocenters. The van der Waals surface area contributed by atoms with Gasteiger partial charge in [0.1, 0.15) is 0 Å². The molecular formula is C20H54MnSi6. The zero-order valence-corrected chi connectivity index (χ0v) is 29.6. The maximum atomic E-state index is 2.53. The molecule has 1 radical (unpaired) electrons. The summed E-state index contributed by atoms with van der Waals surface area (Å²) in [6.07, 6.45) is 0. The predicted molar refractivity (Wildman–Crippen MR) is 147 cm³/mol. The van der Waals surface area contributed by atoms with Crippen LogP contribution in [0.4, 0.5) is 0 Å². The molecular weight excluding hydrogens is 464 g/mol. The van der Waals surface area contributed by atoms with Gasteiger partial charge in [0, 0.05) is 0 Å². The standard InChI is InChI=1S/2C10H27Si3.Mn/c2*1-11(2,3)10(12(4,5)6)13(7,8)9;/h2*1-9H3;/q2*-1;+2. The normalized spacial score (nSPS) is 14.7. The molecule has 0 aromatic rings. The van der Waals surface area contributed by atoms with Crippen molar-refractivity contribution < 1.29 is 17.1 Å². The van der Waals surface area contributed by atoms with Gasteiger partial charge in [-0.2, -0.15) is 0 Å². The zero-order chi connectivity index (χ0) is 22.2. The van der Waals surface area contributed by atoms with Crippen molar-refractivity contribution in [2.24, 2.45) is 0 Å². The molecule has 0 aliphatic rings. The van der Waals surface area contributed by atoms with Crippen LogP contribution in [0.3, 0.4) is 0 Å². The fourth-order valence-corrected chi connectivity index (χ4v) is 60.8. The third kappa shape index (κ3) is 13.0. The summed E-state index contributed by atoms with van der Waals surface area (Å²) >= 11 is 0. The topological polar surface area (TPSA) is 0 Å². The molecule has 0 bridgehead atoms. The summed E-state index contributed by atoms with van der Waals surface area (Å²) in [5.41, 5.74) is 0. The van der Waals surface area contributed by atoms with Crippen molar-refractivity contribution in [3.8, 4) is 0 Å². The minimum atomic E-state index is -1.02. The summed E-state index contributed by atoms with van der Waals surface area (Å²) in [6, 6.07) is 0. The Balaban J connectivity index is -0.000000411. The third-order valence-electron chi connectivity index (χ3n) is 4.50. The van der Waals surface area contributed by atoms with E-state index in [0.717, 1.165) is 0 Å². The van der Waals surface area contributed by atoms with E-state index in [0.29, 0.717) is 0 Å². The molecule has 0 unspecified atom stereocenters. The molecule has 0 aromatic carbocycles. The van der Waals surface area contributed by atoms with Gasteiger partial charge in [0.2, 0.25) is 0 Å². The van der Waals surface area contributed by atoms with Crippen LogP contribution >= 0.6 is 0 Å². The summed E-state index contributed by atoms with van der Waals surface area (Å²) in [5.74, 6) is 0. The molecule has 0 aromatic heterocycles. The minimum Gasteiger partial charge on any atom is -0.311 e.